The lowest BCUT2D eigenvalue weighted by molar-refractivity contribution is 0.587. The Morgan fingerprint density at radius 2 is 1.79 bits per heavy atom. The van der Waals surface area contributed by atoms with Crippen LogP contribution in [0.3, 0.4) is 0 Å². The normalized spacial score (nSPS) is 12.2. The van der Waals surface area contributed by atoms with E-state index < -0.39 is 10.0 Å². The average Bonchev–Trinajstić information content (AvgIpc) is 3.11. The molecule has 0 fully saturated rings. The molecule has 0 spiro atoms. The molecule has 5 nitrogen and oxygen atoms in total. The van der Waals surface area contributed by atoms with Crippen molar-refractivity contribution in [3.8, 4) is 5.69 Å². The Hall–Kier alpha value is -2.31. The third kappa shape index (κ3) is 5.00. The fourth-order valence-electron chi connectivity index (χ4n) is 3.03. The van der Waals surface area contributed by atoms with Gasteiger partial charge in [-0.15, -0.1) is 0 Å². The van der Waals surface area contributed by atoms with Crippen molar-refractivity contribution in [3.63, 3.8) is 0 Å². The molecule has 0 aliphatic heterocycles. The number of nitrogens with zero attached hydrogens (tertiary/aromatic N) is 2. The molecule has 3 aromatic rings. The van der Waals surface area contributed by atoms with Gasteiger partial charge >= 0.3 is 0 Å². The van der Waals surface area contributed by atoms with Crippen LogP contribution in [0.5, 0.6) is 0 Å². The number of rotatable bonds is 6. The first-order valence-electron chi connectivity index (χ1n) is 9.57. The maximum atomic E-state index is 13.0. The first-order chi connectivity index (χ1) is 13.6. The van der Waals surface area contributed by atoms with Crippen LogP contribution in [0.25, 0.3) is 5.69 Å². The van der Waals surface area contributed by atoms with Gasteiger partial charge in [0.1, 0.15) is 0 Å². The maximum Gasteiger partial charge on any atom is 0.261 e. The summed E-state index contributed by atoms with van der Waals surface area (Å²) in [5.41, 5.74) is 3.10. The van der Waals surface area contributed by atoms with Gasteiger partial charge in [-0.05, 0) is 53.3 Å². The smallest absolute Gasteiger partial charge is 0.261 e. The number of hydrogen-bond donors (Lipinski definition) is 1. The van der Waals surface area contributed by atoms with Crippen LogP contribution >= 0.6 is 11.6 Å². The molecule has 0 saturated carbocycles. The number of hydrogen-bond acceptors (Lipinski definition) is 3. The van der Waals surface area contributed by atoms with Gasteiger partial charge in [-0.3, -0.25) is 4.72 Å². The van der Waals surface area contributed by atoms with Gasteiger partial charge in [0.2, 0.25) is 0 Å². The fourth-order valence-corrected chi connectivity index (χ4v) is 4.27. The molecule has 0 radical (unpaired) electrons. The molecule has 0 saturated heterocycles. The fraction of sp³-hybridized carbons (Fsp3) is 0.318. The zero-order chi connectivity index (χ0) is 21.2. The number of halogens is 1. The lowest BCUT2D eigenvalue weighted by Crippen LogP contribution is -2.16. The van der Waals surface area contributed by atoms with E-state index in [4.69, 9.17) is 11.6 Å². The Balaban J connectivity index is 1.94. The summed E-state index contributed by atoms with van der Waals surface area (Å²) in [5, 5.41) is 4.88. The predicted octanol–water partition coefficient (Wildman–Crippen LogP) is 5.58. The first kappa shape index (κ1) is 21.4. The van der Waals surface area contributed by atoms with Gasteiger partial charge in [0.25, 0.3) is 10.0 Å². The lowest BCUT2D eigenvalue weighted by atomic mass is 9.87. The van der Waals surface area contributed by atoms with Crippen molar-refractivity contribution >= 4 is 27.3 Å². The van der Waals surface area contributed by atoms with Gasteiger partial charge in [-0.25, -0.2) is 13.1 Å². The molecule has 3 rings (SSSR count). The van der Waals surface area contributed by atoms with Crippen LogP contribution in [0.1, 0.15) is 45.2 Å². The van der Waals surface area contributed by atoms with Crippen molar-refractivity contribution in [2.75, 3.05) is 4.72 Å². The number of aromatic nitrogens is 2. The van der Waals surface area contributed by atoms with Gasteiger partial charge in [-0.1, -0.05) is 57.8 Å². The molecule has 0 amide bonds. The minimum atomic E-state index is -3.76. The highest BCUT2D eigenvalue weighted by molar-refractivity contribution is 7.92. The summed E-state index contributed by atoms with van der Waals surface area (Å²) in [6.45, 7) is 8.37. The largest absolute Gasteiger partial charge is 0.277 e. The van der Waals surface area contributed by atoms with Gasteiger partial charge in [0.05, 0.1) is 22.5 Å². The van der Waals surface area contributed by atoms with E-state index in [-0.39, 0.29) is 10.3 Å². The quantitative estimate of drug-likeness (QED) is 0.554. The number of benzene rings is 2. The van der Waals surface area contributed by atoms with Crippen molar-refractivity contribution in [2.45, 2.75) is 50.8 Å². The minimum absolute atomic E-state index is 0.0463. The number of nitrogens with one attached hydrogen (secondary N) is 1. The second kappa shape index (κ2) is 8.20. The topological polar surface area (TPSA) is 64.0 Å². The lowest BCUT2D eigenvalue weighted by Gasteiger charge is -2.19. The highest BCUT2D eigenvalue weighted by Crippen LogP contribution is 2.28. The van der Waals surface area contributed by atoms with E-state index in [0.717, 1.165) is 24.0 Å². The van der Waals surface area contributed by atoms with Crippen LogP contribution in [0.2, 0.25) is 5.02 Å². The highest BCUT2D eigenvalue weighted by Gasteiger charge is 2.19. The predicted molar refractivity (Wildman–Crippen MR) is 119 cm³/mol. The molecule has 1 heterocycles. The number of aryl methyl sites for hydroxylation is 1. The summed E-state index contributed by atoms with van der Waals surface area (Å²) >= 11 is 6.16. The summed E-state index contributed by atoms with van der Waals surface area (Å²) in [6, 6.07) is 12.0. The monoisotopic (exact) mass is 431 g/mol. The standard InChI is InChI=1S/C22H26ClN3O2S/c1-5-6-16-14-24-26(15-16)21-13-18(23)9-12-20(21)25-29(27,28)19-10-7-17(8-11-19)22(2,3)4/h7-15,25H,5-6H2,1-4H3. The summed E-state index contributed by atoms with van der Waals surface area (Å²) < 4.78 is 30.3. The molecule has 0 unspecified atom stereocenters. The van der Waals surface area contributed by atoms with Crippen molar-refractivity contribution in [2.24, 2.45) is 0 Å². The molecular weight excluding hydrogens is 406 g/mol. The highest BCUT2D eigenvalue weighted by atomic mass is 35.5. The van der Waals surface area contributed by atoms with Crippen LogP contribution < -0.4 is 4.72 Å². The van der Waals surface area contributed by atoms with Crippen molar-refractivity contribution in [1.29, 1.82) is 0 Å². The van der Waals surface area contributed by atoms with Crippen LogP contribution in [-0.2, 0) is 21.9 Å². The van der Waals surface area contributed by atoms with Gasteiger partial charge in [-0.2, -0.15) is 5.10 Å². The molecule has 29 heavy (non-hydrogen) atoms. The third-order valence-electron chi connectivity index (χ3n) is 4.66. The Labute approximate surface area is 177 Å². The number of sulfonamides is 1. The second-order valence-electron chi connectivity index (χ2n) is 8.08. The Kier molecular flexibility index (Phi) is 6.05. The zero-order valence-electron chi connectivity index (χ0n) is 17.1. The van der Waals surface area contributed by atoms with E-state index in [9.17, 15) is 8.42 Å². The SMILES string of the molecule is CCCc1cnn(-c2cc(Cl)ccc2NS(=O)(=O)c2ccc(C(C)(C)C)cc2)c1. The number of anilines is 1. The maximum absolute atomic E-state index is 13.0. The molecule has 0 aliphatic rings. The summed E-state index contributed by atoms with van der Waals surface area (Å²) in [5.74, 6) is 0. The van der Waals surface area contributed by atoms with Crippen LogP contribution in [0, 0.1) is 0 Å². The first-order valence-corrected chi connectivity index (χ1v) is 11.4. The zero-order valence-corrected chi connectivity index (χ0v) is 18.7. The van der Waals surface area contributed by atoms with Gasteiger partial charge < -0.3 is 0 Å². The molecule has 7 heteroatoms. The summed E-state index contributed by atoms with van der Waals surface area (Å²) in [7, 11) is -3.76. The Morgan fingerprint density at radius 3 is 2.41 bits per heavy atom. The molecule has 1 aromatic heterocycles. The van der Waals surface area contributed by atoms with E-state index in [1.165, 1.54) is 0 Å². The van der Waals surface area contributed by atoms with Gasteiger partial charge in [0, 0.05) is 11.2 Å². The minimum Gasteiger partial charge on any atom is -0.277 e. The Morgan fingerprint density at radius 1 is 1.10 bits per heavy atom. The van der Waals surface area contributed by atoms with Crippen LogP contribution in [-0.4, -0.2) is 18.2 Å². The van der Waals surface area contributed by atoms with E-state index >= 15 is 0 Å². The third-order valence-corrected chi connectivity index (χ3v) is 6.27. The van der Waals surface area contributed by atoms with Crippen LogP contribution in [0.15, 0.2) is 59.8 Å². The molecule has 154 valence electrons. The van der Waals surface area contributed by atoms with E-state index in [2.05, 4.69) is 37.5 Å². The van der Waals surface area contributed by atoms with Crippen molar-refractivity contribution in [3.05, 3.63) is 71.0 Å². The average molecular weight is 432 g/mol. The molecule has 0 aliphatic carbocycles. The molecular formula is C22H26ClN3O2S. The van der Waals surface area contributed by atoms with Crippen molar-refractivity contribution in [1.82, 2.24) is 9.78 Å². The molecule has 1 N–H and O–H groups in total. The Bertz CT molecular complexity index is 1100. The molecule has 0 atom stereocenters. The van der Waals surface area contributed by atoms with Crippen molar-refractivity contribution < 1.29 is 8.42 Å². The van der Waals surface area contributed by atoms with Gasteiger partial charge in [0.15, 0.2) is 0 Å². The van der Waals surface area contributed by atoms with Crippen LogP contribution in [0.4, 0.5) is 5.69 Å². The second-order valence-corrected chi connectivity index (χ2v) is 10.2. The molecule has 0 bridgehead atoms. The summed E-state index contributed by atoms with van der Waals surface area (Å²) in [4.78, 5) is 0.207. The van der Waals surface area contributed by atoms with E-state index in [1.54, 1.807) is 41.2 Å². The molecule has 2 aromatic carbocycles. The van der Waals surface area contributed by atoms with E-state index in [1.807, 2.05) is 18.3 Å². The summed E-state index contributed by atoms with van der Waals surface area (Å²) in [6.07, 6.45) is 5.59. The van der Waals surface area contributed by atoms with E-state index in [0.29, 0.717) is 16.4 Å².